The molecule has 48 heavy (non-hydrogen) atoms. The summed E-state index contributed by atoms with van der Waals surface area (Å²) in [4.78, 5) is 18.4. The van der Waals surface area contributed by atoms with Crippen molar-refractivity contribution in [2.45, 2.75) is 62.9 Å². The Labute approximate surface area is 276 Å². The summed E-state index contributed by atoms with van der Waals surface area (Å²) in [7, 11) is 0. The fourth-order valence-corrected chi connectivity index (χ4v) is 9.47. The number of fused-ring (bicyclic) bond motifs is 3. The number of ether oxygens (including phenoxy) is 3. The minimum absolute atomic E-state index is 0.0131. The molecule has 2 aromatic carbocycles. The zero-order chi connectivity index (χ0) is 32.8. The van der Waals surface area contributed by atoms with Crippen molar-refractivity contribution < 1.29 is 32.5 Å². The van der Waals surface area contributed by atoms with Crippen LogP contribution >= 0.6 is 0 Å². The molecular weight excluding hydrogens is 623 g/mol. The molecule has 1 spiro atoms. The van der Waals surface area contributed by atoms with Gasteiger partial charge in [-0.1, -0.05) is 13.0 Å². The minimum atomic E-state index is -0.917. The first-order valence-electron chi connectivity index (χ1n) is 17.1. The summed E-state index contributed by atoms with van der Waals surface area (Å²) in [5.74, 6) is -1.05. The van der Waals surface area contributed by atoms with Crippen LogP contribution in [-0.2, 0) is 15.9 Å². The molecule has 6 heterocycles. The summed E-state index contributed by atoms with van der Waals surface area (Å²) >= 11 is 0. The molecule has 12 heteroatoms. The molecular formula is C36H38F3N5O4. The summed E-state index contributed by atoms with van der Waals surface area (Å²) in [6.45, 7) is 5.59. The third-order valence-corrected chi connectivity index (χ3v) is 11.6. The molecule has 4 atom stereocenters. The number of alkyl halides is 1. The van der Waals surface area contributed by atoms with Gasteiger partial charge in [-0.15, -0.1) is 0 Å². The van der Waals surface area contributed by atoms with E-state index >= 15 is 8.78 Å². The monoisotopic (exact) mass is 661 g/mol. The number of nitrogens with zero attached hydrogens (tertiary/aromatic N) is 5. The quantitative estimate of drug-likeness (QED) is 0.270. The van der Waals surface area contributed by atoms with Crippen LogP contribution in [0.1, 0.15) is 44.6 Å². The van der Waals surface area contributed by atoms with E-state index in [2.05, 4.69) is 19.8 Å². The number of piperidine rings is 1. The Morgan fingerprint density at radius 3 is 2.62 bits per heavy atom. The van der Waals surface area contributed by atoms with Gasteiger partial charge in [-0.25, -0.2) is 13.2 Å². The summed E-state index contributed by atoms with van der Waals surface area (Å²) in [6.07, 6.45) is 5.07. The van der Waals surface area contributed by atoms with Crippen molar-refractivity contribution in [2.24, 2.45) is 11.8 Å². The zero-order valence-electron chi connectivity index (χ0n) is 26.9. The van der Waals surface area contributed by atoms with Gasteiger partial charge in [-0.3, -0.25) is 9.88 Å². The lowest BCUT2D eigenvalue weighted by atomic mass is 9.90. The van der Waals surface area contributed by atoms with Crippen LogP contribution in [0.25, 0.3) is 32.9 Å². The van der Waals surface area contributed by atoms with Gasteiger partial charge in [0.05, 0.1) is 24.1 Å². The lowest BCUT2D eigenvalue weighted by Gasteiger charge is -2.44. The minimum Gasteiger partial charge on any atom is -0.508 e. The van der Waals surface area contributed by atoms with Crippen molar-refractivity contribution in [3.8, 4) is 23.0 Å². The normalized spacial score (nSPS) is 27.9. The first kappa shape index (κ1) is 30.3. The van der Waals surface area contributed by atoms with Crippen LogP contribution in [0.4, 0.5) is 19.0 Å². The second kappa shape index (κ2) is 11.1. The zero-order valence-corrected chi connectivity index (χ0v) is 26.9. The molecule has 1 saturated carbocycles. The molecule has 4 aromatic rings. The van der Waals surface area contributed by atoms with Crippen LogP contribution in [0.5, 0.6) is 11.8 Å². The fraction of sp³-hybridized carbons (Fsp3) is 0.528. The predicted molar refractivity (Wildman–Crippen MR) is 173 cm³/mol. The van der Waals surface area contributed by atoms with E-state index in [0.717, 1.165) is 32.2 Å². The van der Waals surface area contributed by atoms with Crippen LogP contribution in [0.3, 0.4) is 0 Å². The molecule has 1 N–H and O–H groups in total. The second-order valence-corrected chi connectivity index (χ2v) is 14.1. The van der Waals surface area contributed by atoms with Gasteiger partial charge < -0.3 is 24.2 Å². The number of phenolic OH excluding ortho intramolecular Hbond substituents is 1. The van der Waals surface area contributed by atoms with Gasteiger partial charge in [0.25, 0.3) is 0 Å². The number of aryl methyl sites for hydroxylation is 1. The molecule has 4 aliphatic heterocycles. The number of hydrogen-bond donors (Lipinski definition) is 1. The van der Waals surface area contributed by atoms with E-state index in [1.807, 2.05) is 6.92 Å². The Balaban J connectivity index is 1.17. The maximum absolute atomic E-state index is 17.0. The Hall–Kier alpha value is -3.74. The standard InChI is InChI=1S/C36H38F3N5O4/c1-2-25-28(38)7-4-20-12-24(45)13-26(29(20)25)31-30(39)32-27(15-40-31)33(43-16-21-5-6-22(17-43)36(21)47-10-11-48-36)42-34(41-32)46-19-35-8-3-9-44(35)18-23(37)14-35/h4,7,12-13,15,21-23,45H,2-3,5-6,8-11,14,16-19H2,1H3/t21?,22?,23-,35+/m1/s1. The van der Waals surface area contributed by atoms with Crippen LogP contribution in [-0.4, -0.2) is 88.5 Å². The number of rotatable bonds is 6. The summed E-state index contributed by atoms with van der Waals surface area (Å²) in [5, 5.41) is 12.1. The van der Waals surface area contributed by atoms with Crippen molar-refractivity contribution in [2.75, 3.05) is 50.9 Å². The molecule has 252 valence electrons. The van der Waals surface area contributed by atoms with E-state index in [1.165, 1.54) is 18.2 Å². The number of anilines is 1. The highest BCUT2D eigenvalue weighted by Gasteiger charge is 2.58. The van der Waals surface area contributed by atoms with Gasteiger partial charge in [0, 0.05) is 49.7 Å². The van der Waals surface area contributed by atoms with Crippen LogP contribution in [0.15, 0.2) is 30.5 Å². The van der Waals surface area contributed by atoms with Crippen molar-refractivity contribution in [1.29, 1.82) is 0 Å². The SMILES string of the molecule is CCc1c(F)ccc2cc(O)cc(-c3ncc4c(N5CC6CCC(C5)C65OCCO5)nc(OC[C@@]56CCCN5C[C@H](F)C6)nc4c3F)c12. The van der Waals surface area contributed by atoms with Crippen molar-refractivity contribution in [1.82, 2.24) is 19.9 Å². The van der Waals surface area contributed by atoms with E-state index in [0.29, 0.717) is 73.2 Å². The Morgan fingerprint density at radius 2 is 1.85 bits per heavy atom. The lowest BCUT2D eigenvalue weighted by Crippen LogP contribution is -2.55. The number of benzene rings is 2. The van der Waals surface area contributed by atoms with E-state index in [4.69, 9.17) is 19.2 Å². The fourth-order valence-electron chi connectivity index (χ4n) is 9.47. The first-order chi connectivity index (χ1) is 23.3. The maximum atomic E-state index is 17.0. The molecule has 9 nitrogen and oxygen atoms in total. The summed E-state index contributed by atoms with van der Waals surface area (Å²) in [6, 6.07) is 5.90. The number of pyridine rings is 1. The molecule has 5 fully saturated rings. The number of hydrogen-bond acceptors (Lipinski definition) is 9. The summed E-state index contributed by atoms with van der Waals surface area (Å²) < 4.78 is 65.3. The molecule has 2 aromatic heterocycles. The largest absolute Gasteiger partial charge is 0.508 e. The molecule has 0 radical (unpaired) electrons. The average molecular weight is 662 g/mol. The molecule has 9 rings (SSSR count). The molecule has 0 amide bonds. The number of aromatic hydroxyl groups is 1. The van der Waals surface area contributed by atoms with Crippen LogP contribution in [0, 0.1) is 23.5 Å². The highest BCUT2D eigenvalue weighted by Crippen LogP contribution is 2.51. The molecule has 4 saturated heterocycles. The van der Waals surface area contributed by atoms with Gasteiger partial charge in [0.1, 0.15) is 41.4 Å². The lowest BCUT2D eigenvalue weighted by molar-refractivity contribution is -0.213. The molecule has 2 bridgehead atoms. The van der Waals surface area contributed by atoms with Crippen molar-refractivity contribution in [3.05, 3.63) is 47.7 Å². The average Bonchev–Trinajstić information content (AvgIpc) is 3.82. The van der Waals surface area contributed by atoms with E-state index < -0.39 is 29.1 Å². The predicted octanol–water partition coefficient (Wildman–Crippen LogP) is 5.94. The Bertz CT molecular complexity index is 1920. The smallest absolute Gasteiger partial charge is 0.319 e. The van der Waals surface area contributed by atoms with Gasteiger partial charge in [-0.2, -0.15) is 9.97 Å². The third-order valence-electron chi connectivity index (χ3n) is 11.6. The number of phenols is 1. The van der Waals surface area contributed by atoms with Crippen LogP contribution in [0.2, 0.25) is 0 Å². The highest BCUT2D eigenvalue weighted by atomic mass is 19.1. The molecule has 2 unspecified atom stereocenters. The van der Waals surface area contributed by atoms with E-state index in [-0.39, 0.29) is 47.0 Å². The topological polar surface area (TPSA) is 93.1 Å². The van der Waals surface area contributed by atoms with Gasteiger partial charge in [0.2, 0.25) is 0 Å². The first-order valence-corrected chi connectivity index (χ1v) is 17.1. The maximum Gasteiger partial charge on any atom is 0.319 e. The van der Waals surface area contributed by atoms with E-state index in [9.17, 15) is 9.50 Å². The van der Waals surface area contributed by atoms with Crippen molar-refractivity contribution >= 4 is 27.5 Å². The third kappa shape index (κ3) is 4.51. The van der Waals surface area contributed by atoms with Crippen LogP contribution < -0.4 is 9.64 Å². The van der Waals surface area contributed by atoms with Crippen molar-refractivity contribution in [3.63, 3.8) is 0 Å². The van der Waals surface area contributed by atoms with E-state index in [1.54, 1.807) is 12.3 Å². The van der Waals surface area contributed by atoms with Gasteiger partial charge >= 0.3 is 6.01 Å². The molecule has 1 aliphatic carbocycles. The number of aromatic nitrogens is 3. The van der Waals surface area contributed by atoms with Gasteiger partial charge in [-0.05, 0) is 73.2 Å². The van der Waals surface area contributed by atoms with Gasteiger partial charge in [0.15, 0.2) is 11.6 Å². The second-order valence-electron chi connectivity index (χ2n) is 14.1. The number of halogens is 3. The Kier molecular flexibility index (Phi) is 7.04. The summed E-state index contributed by atoms with van der Waals surface area (Å²) in [5.41, 5.74) is 0.212. The Morgan fingerprint density at radius 1 is 1.06 bits per heavy atom. The highest BCUT2D eigenvalue weighted by molar-refractivity contribution is 6.01. The molecule has 5 aliphatic rings.